The first kappa shape index (κ1) is 34.4. The second-order valence-electron chi connectivity index (χ2n) is 12.0. The fraction of sp³-hybridized carbons (Fsp3) is 0.270. The van der Waals surface area contributed by atoms with Crippen molar-refractivity contribution in [2.24, 2.45) is 0 Å². The number of carbonyl (C=O) groups excluding carboxylic acids is 1. The summed E-state index contributed by atoms with van der Waals surface area (Å²) in [7, 11) is 0. The summed E-state index contributed by atoms with van der Waals surface area (Å²) in [5, 5.41) is 34.6. The Morgan fingerprint density at radius 2 is 1.76 bits per heavy atom. The first-order chi connectivity index (χ1) is 23.8. The van der Waals surface area contributed by atoms with Gasteiger partial charge in [-0.15, -0.1) is 0 Å². The third-order valence-electron chi connectivity index (χ3n) is 8.55. The van der Waals surface area contributed by atoms with Crippen LogP contribution in [0.2, 0.25) is 10.0 Å². The average molecular weight is 703 g/mol. The number of carboxylic acid groups (broad SMARTS) is 1. The Bertz CT molecular complexity index is 1960. The minimum Gasteiger partial charge on any atom is -0.482 e. The van der Waals surface area contributed by atoms with Crippen molar-refractivity contribution in [2.75, 3.05) is 26.3 Å². The monoisotopic (exact) mass is 701 g/mol. The summed E-state index contributed by atoms with van der Waals surface area (Å²) in [5.41, 5.74) is 7.18. The molecule has 0 bridgehead atoms. The second-order valence-corrected chi connectivity index (χ2v) is 12.8. The van der Waals surface area contributed by atoms with Crippen LogP contribution in [0.15, 0.2) is 79.0 Å². The lowest BCUT2D eigenvalue weighted by Gasteiger charge is -2.15. The van der Waals surface area contributed by atoms with Gasteiger partial charge in [0.1, 0.15) is 5.75 Å². The maximum Gasteiger partial charge on any atom is 0.341 e. The van der Waals surface area contributed by atoms with E-state index in [4.69, 9.17) is 38.1 Å². The molecule has 10 nitrogen and oxygen atoms in total. The molecule has 2 heterocycles. The van der Waals surface area contributed by atoms with Gasteiger partial charge in [-0.2, -0.15) is 5.10 Å². The smallest absolute Gasteiger partial charge is 0.341 e. The van der Waals surface area contributed by atoms with Crippen LogP contribution in [0.25, 0.3) is 33.2 Å². The molecule has 0 unspecified atom stereocenters. The predicted molar refractivity (Wildman–Crippen MR) is 191 cm³/mol. The van der Waals surface area contributed by atoms with Gasteiger partial charge in [0.25, 0.3) is 0 Å². The van der Waals surface area contributed by atoms with Gasteiger partial charge in [-0.3, -0.25) is 9.48 Å². The number of hydrogen-bond acceptors (Lipinski definition) is 7. The van der Waals surface area contributed by atoms with Crippen LogP contribution in [0, 0.1) is 0 Å². The van der Waals surface area contributed by atoms with Gasteiger partial charge in [0.2, 0.25) is 5.91 Å². The van der Waals surface area contributed by atoms with Crippen molar-refractivity contribution >= 4 is 46.0 Å². The Morgan fingerprint density at radius 1 is 0.980 bits per heavy atom. The molecule has 1 atom stereocenters. The van der Waals surface area contributed by atoms with E-state index in [0.717, 1.165) is 51.7 Å². The number of ether oxygens (including phenoxy) is 1. The topological polar surface area (TPSA) is 138 Å². The van der Waals surface area contributed by atoms with E-state index in [1.54, 1.807) is 12.1 Å². The molecule has 5 aromatic rings. The number of rotatable bonds is 15. The van der Waals surface area contributed by atoms with Crippen LogP contribution >= 0.6 is 23.2 Å². The summed E-state index contributed by atoms with van der Waals surface area (Å²) < 4.78 is 7.44. The summed E-state index contributed by atoms with van der Waals surface area (Å²) in [6.45, 7) is 1.98. The molecule has 1 fully saturated rings. The highest BCUT2D eigenvalue weighted by molar-refractivity contribution is 6.36. The molecule has 1 aliphatic heterocycles. The van der Waals surface area contributed by atoms with Gasteiger partial charge < -0.3 is 30.9 Å². The summed E-state index contributed by atoms with van der Waals surface area (Å²) in [4.78, 5) is 22.7. The maximum absolute atomic E-state index is 11.4. The largest absolute Gasteiger partial charge is 0.482 e. The highest BCUT2D eigenvalue weighted by atomic mass is 35.5. The average Bonchev–Trinajstić information content (AvgIpc) is 3.71. The molecular formula is C37H37Cl2N5O5. The van der Waals surface area contributed by atoms with Crippen LogP contribution in [0.4, 0.5) is 0 Å². The number of aromatic nitrogens is 2. The number of amides is 1. The third kappa shape index (κ3) is 8.24. The van der Waals surface area contributed by atoms with Crippen LogP contribution in [-0.2, 0) is 29.2 Å². The summed E-state index contributed by atoms with van der Waals surface area (Å²) in [6, 6.07) is 24.0. The predicted octanol–water partition coefficient (Wildman–Crippen LogP) is 5.64. The first-order valence-corrected chi connectivity index (χ1v) is 16.9. The van der Waals surface area contributed by atoms with Gasteiger partial charge in [0, 0.05) is 65.7 Å². The molecule has 0 spiro atoms. The normalized spacial score (nSPS) is 14.3. The van der Waals surface area contributed by atoms with Crippen LogP contribution in [0.3, 0.4) is 0 Å². The van der Waals surface area contributed by atoms with Gasteiger partial charge in [-0.05, 0) is 46.9 Å². The maximum atomic E-state index is 11.4. The summed E-state index contributed by atoms with van der Waals surface area (Å²) >= 11 is 13.8. The molecule has 1 saturated heterocycles. The van der Waals surface area contributed by atoms with E-state index in [1.807, 2.05) is 47.3 Å². The molecule has 49 heavy (non-hydrogen) atoms. The molecule has 12 heteroatoms. The van der Waals surface area contributed by atoms with Crippen LogP contribution in [0.5, 0.6) is 5.75 Å². The molecule has 0 saturated carbocycles. The first-order valence-electron chi connectivity index (χ1n) is 16.1. The lowest BCUT2D eigenvalue weighted by Crippen LogP contribution is -2.35. The Kier molecular flexibility index (Phi) is 11.1. The minimum atomic E-state index is -1.09. The molecule has 1 aromatic heterocycles. The molecule has 254 valence electrons. The van der Waals surface area contributed by atoms with Crippen LogP contribution in [0.1, 0.15) is 29.5 Å². The Morgan fingerprint density at radius 3 is 2.51 bits per heavy atom. The van der Waals surface area contributed by atoms with Crippen LogP contribution in [-0.4, -0.2) is 64.2 Å². The molecule has 1 aliphatic rings. The van der Waals surface area contributed by atoms with Crippen molar-refractivity contribution in [2.45, 2.75) is 38.5 Å². The van der Waals surface area contributed by atoms with E-state index >= 15 is 0 Å². The van der Waals surface area contributed by atoms with Crippen molar-refractivity contribution in [3.63, 3.8) is 0 Å². The second kappa shape index (κ2) is 15.8. The zero-order valence-electron chi connectivity index (χ0n) is 26.7. The fourth-order valence-corrected chi connectivity index (χ4v) is 6.67. The number of hydrogen-bond donors (Lipinski definition) is 5. The number of carboxylic acids is 1. The molecule has 6 rings (SSSR count). The zero-order valence-corrected chi connectivity index (χ0v) is 28.2. The summed E-state index contributed by atoms with van der Waals surface area (Å²) in [6.07, 6.45) is 3.28. The standard InChI is InChI=1S/C37H37Cl2N5O5/c38-32-15-25(18-40-13-14-45)34(49-22-36(47)48)16-26(32)21-44-33-6-2-4-29(31(33)20-42-44)30-5-1-3-28(37(30)39)24-9-7-23(8-10-24)17-41-19-27-11-12-35(46)43-27/h1-10,15-16,20,27,40-41,45H,11-14,17-19,21-22H2,(H,43,46)(H,47,48)/t27-/m0/s1. The van der Waals surface area contributed by atoms with E-state index in [2.05, 4.69) is 40.2 Å². The van der Waals surface area contributed by atoms with E-state index in [0.29, 0.717) is 59.5 Å². The van der Waals surface area contributed by atoms with Gasteiger partial charge in [-0.1, -0.05) is 77.8 Å². The van der Waals surface area contributed by atoms with Crippen molar-refractivity contribution < 1.29 is 24.5 Å². The van der Waals surface area contributed by atoms with Gasteiger partial charge >= 0.3 is 5.97 Å². The number of aliphatic hydroxyl groups is 1. The van der Waals surface area contributed by atoms with E-state index in [9.17, 15) is 14.7 Å². The molecule has 4 aromatic carbocycles. The van der Waals surface area contributed by atoms with Gasteiger partial charge in [0.05, 0.1) is 29.9 Å². The van der Waals surface area contributed by atoms with Crippen molar-refractivity contribution in [1.82, 2.24) is 25.7 Å². The number of halogens is 2. The van der Waals surface area contributed by atoms with Gasteiger partial charge in [-0.25, -0.2) is 4.79 Å². The zero-order chi connectivity index (χ0) is 34.3. The molecule has 0 aliphatic carbocycles. The molecule has 5 N–H and O–H groups in total. The van der Waals surface area contributed by atoms with Crippen molar-refractivity contribution in [3.05, 3.63) is 106 Å². The number of benzene rings is 4. The number of fused-ring (bicyclic) bond motifs is 1. The summed E-state index contributed by atoms with van der Waals surface area (Å²) in [5.74, 6) is -0.565. The number of aliphatic carboxylic acids is 1. The van der Waals surface area contributed by atoms with E-state index < -0.39 is 12.6 Å². The number of aliphatic hydroxyl groups excluding tert-OH is 1. The van der Waals surface area contributed by atoms with E-state index in [1.165, 1.54) is 0 Å². The number of nitrogens with zero attached hydrogens (tertiary/aromatic N) is 2. The molecular weight excluding hydrogens is 665 g/mol. The van der Waals surface area contributed by atoms with Crippen molar-refractivity contribution in [3.8, 4) is 28.0 Å². The van der Waals surface area contributed by atoms with Gasteiger partial charge in [0.15, 0.2) is 6.61 Å². The molecule has 0 radical (unpaired) electrons. The number of nitrogens with one attached hydrogen (secondary N) is 3. The lowest BCUT2D eigenvalue weighted by atomic mass is 9.96. The third-order valence-corrected chi connectivity index (χ3v) is 9.31. The highest BCUT2D eigenvalue weighted by Gasteiger charge is 2.20. The van der Waals surface area contributed by atoms with Crippen molar-refractivity contribution in [1.29, 1.82) is 0 Å². The minimum absolute atomic E-state index is 0.0309. The van der Waals surface area contributed by atoms with E-state index in [-0.39, 0.29) is 18.6 Å². The van der Waals surface area contributed by atoms with Crippen LogP contribution < -0.4 is 20.7 Å². The number of carbonyl (C=O) groups is 2. The molecule has 1 amide bonds. The SMILES string of the molecule is O=C(O)COc1cc(Cn2ncc3c(-c4cccc(-c5ccc(CNC[C@@H]6CCC(=O)N6)cc5)c4Cl)cccc32)c(Cl)cc1CNCCO. The highest BCUT2D eigenvalue weighted by Crippen LogP contribution is 2.39. The Hall–Kier alpha value is -4.45. The lowest BCUT2D eigenvalue weighted by molar-refractivity contribution is -0.139. The Labute approximate surface area is 294 Å². The fourth-order valence-electron chi connectivity index (χ4n) is 6.08. The Balaban J connectivity index is 1.22. The quantitative estimate of drug-likeness (QED) is 0.0885.